The highest BCUT2D eigenvalue weighted by molar-refractivity contribution is 5.32. The Balaban J connectivity index is 2.19. The maximum atomic E-state index is 13.0. The number of benzene rings is 1. The largest absolute Gasteiger partial charge is 0.433 e. The van der Waals surface area contributed by atoms with Gasteiger partial charge in [-0.05, 0) is 23.8 Å². The van der Waals surface area contributed by atoms with Crippen LogP contribution >= 0.6 is 0 Å². The molecule has 0 atom stereocenters. The molecule has 106 valence electrons. The first-order valence-electron chi connectivity index (χ1n) is 5.72. The van der Waals surface area contributed by atoms with Gasteiger partial charge in [-0.3, -0.25) is 0 Å². The zero-order chi connectivity index (χ0) is 14.8. The maximum Gasteiger partial charge on any atom is 0.433 e. The van der Waals surface area contributed by atoms with Crippen molar-refractivity contribution in [3.63, 3.8) is 0 Å². The molecule has 0 saturated heterocycles. The second-order valence-corrected chi connectivity index (χ2v) is 4.23. The standard InChI is InChI=1S/C13H11F4N3/c1-20(8-9-3-2-4-10(14)7-9)12-18-6-5-11(19-12)13(15,16)17/h2-7H,8H2,1H3. The van der Waals surface area contributed by atoms with Gasteiger partial charge in [0.25, 0.3) is 0 Å². The third kappa shape index (κ3) is 3.43. The summed E-state index contributed by atoms with van der Waals surface area (Å²) < 4.78 is 50.7. The molecule has 0 aliphatic heterocycles. The van der Waals surface area contributed by atoms with E-state index in [0.717, 1.165) is 12.3 Å². The van der Waals surface area contributed by atoms with Gasteiger partial charge in [-0.15, -0.1) is 0 Å². The van der Waals surface area contributed by atoms with Crippen molar-refractivity contribution in [2.75, 3.05) is 11.9 Å². The van der Waals surface area contributed by atoms with Gasteiger partial charge in [0.15, 0.2) is 0 Å². The van der Waals surface area contributed by atoms with Gasteiger partial charge in [-0.25, -0.2) is 14.4 Å². The van der Waals surface area contributed by atoms with Crippen LogP contribution < -0.4 is 4.90 Å². The first-order valence-corrected chi connectivity index (χ1v) is 5.72. The topological polar surface area (TPSA) is 29.0 Å². The van der Waals surface area contributed by atoms with Crippen molar-refractivity contribution in [3.8, 4) is 0 Å². The van der Waals surface area contributed by atoms with Crippen LogP contribution in [0.3, 0.4) is 0 Å². The van der Waals surface area contributed by atoms with Gasteiger partial charge in [0.1, 0.15) is 11.5 Å². The van der Waals surface area contributed by atoms with E-state index >= 15 is 0 Å². The first-order chi connectivity index (χ1) is 9.36. The van der Waals surface area contributed by atoms with E-state index in [1.165, 1.54) is 23.1 Å². The van der Waals surface area contributed by atoms with E-state index in [2.05, 4.69) is 9.97 Å². The summed E-state index contributed by atoms with van der Waals surface area (Å²) in [6, 6.07) is 6.62. The summed E-state index contributed by atoms with van der Waals surface area (Å²) >= 11 is 0. The average Bonchev–Trinajstić information content (AvgIpc) is 2.38. The minimum absolute atomic E-state index is 0.0657. The van der Waals surface area contributed by atoms with Crippen molar-refractivity contribution in [2.24, 2.45) is 0 Å². The van der Waals surface area contributed by atoms with Crippen LogP contribution in [-0.4, -0.2) is 17.0 Å². The van der Waals surface area contributed by atoms with E-state index < -0.39 is 17.7 Å². The van der Waals surface area contributed by atoms with E-state index in [0.29, 0.717) is 5.56 Å². The van der Waals surface area contributed by atoms with E-state index in [9.17, 15) is 17.6 Å². The molecule has 1 aromatic carbocycles. The molecule has 0 spiro atoms. The Kier molecular flexibility index (Phi) is 3.87. The van der Waals surface area contributed by atoms with Crippen molar-refractivity contribution in [1.29, 1.82) is 0 Å². The van der Waals surface area contributed by atoms with E-state index in [1.54, 1.807) is 13.1 Å². The molecule has 1 aromatic heterocycles. The number of halogens is 4. The Morgan fingerprint density at radius 2 is 1.95 bits per heavy atom. The van der Waals surface area contributed by atoms with Crippen LogP contribution in [0, 0.1) is 5.82 Å². The highest BCUT2D eigenvalue weighted by atomic mass is 19.4. The van der Waals surface area contributed by atoms with Gasteiger partial charge in [0, 0.05) is 19.8 Å². The van der Waals surface area contributed by atoms with Crippen molar-refractivity contribution in [1.82, 2.24) is 9.97 Å². The molecule has 2 rings (SSSR count). The van der Waals surface area contributed by atoms with Crippen molar-refractivity contribution in [3.05, 3.63) is 53.6 Å². The summed E-state index contributed by atoms with van der Waals surface area (Å²) in [4.78, 5) is 8.67. The summed E-state index contributed by atoms with van der Waals surface area (Å²) in [6.45, 7) is 0.207. The third-order valence-corrected chi connectivity index (χ3v) is 2.58. The fraction of sp³-hybridized carbons (Fsp3) is 0.231. The summed E-state index contributed by atoms with van der Waals surface area (Å²) in [5.74, 6) is -0.468. The maximum absolute atomic E-state index is 13.0. The molecule has 0 aliphatic rings. The highest BCUT2D eigenvalue weighted by Gasteiger charge is 2.33. The second kappa shape index (κ2) is 5.44. The van der Waals surface area contributed by atoms with Crippen molar-refractivity contribution >= 4 is 5.95 Å². The Bertz CT molecular complexity index is 598. The van der Waals surface area contributed by atoms with Gasteiger partial charge >= 0.3 is 6.18 Å². The van der Waals surface area contributed by atoms with Gasteiger partial charge in [0.2, 0.25) is 5.95 Å². The summed E-state index contributed by atoms with van der Waals surface area (Å²) in [7, 11) is 1.54. The molecule has 3 nitrogen and oxygen atoms in total. The van der Waals surface area contributed by atoms with Gasteiger partial charge < -0.3 is 4.90 Å². The van der Waals surface area contributed by atoms with E-state index in [1.807, 2.05) is 0 Å². The van der Waals surface area contributed by atoms with Crippen LogP contribution in [0.2, 0.25) is 0 Å². The average molecular weight is 285 g/mol. The number of nitrogens with zero attached hydrogens (tertiary/aromatic N) is 3. The number of hydrogen-bond donors (Lipinski definition) is 0. The Morgan fingerprint density at radius 1 is 1.20 bits per heavy atom. The van der Waals surface area contributed by atoms with Crippen LogP contribution in [0.25, 0.3) is 0 Å². The van der Waals surface area contributed by atoms with Gasteiger partial charge in [-0.2, -0.15) is 13.2 Å². The molecule has 0 radical (unpaired) electrons. The lowest BCUT2D eigenvalue weighted by atomic mass is 10.2. The molecule has 0 unspecified atom stereocenters. The lowest BCUT2D eigenvalue weighted by Gasteiger charge is -2.18. The van der Waals surface area contributed by atoms with Crippen molar-refractivity contribution < 1.29 is 17.6 Å². The minimum atomic E-state index is -4.52. The quantitative estimate of drug-likeness (QED) is 0.810. The molecular formula is C13H11F4N3. The predicted molar refractivity (Wildman–Crippen MR) is 65.5 cm³/mol. The zero-order valence-electron chi connectivity index (χ0n) is 10.5. The molecule has 2 aromatic rings. The lowest BCUT2D eigenvalue weighted by Crippen LogP contribution is -2.21. The van der Waals surface area contributed by atoms with Crippen LogP contribution in [0.15, 0.2) is 36.5 Å². The Hall–Kier alpha value is -2.18. The zero-order valence-corrected chi connectivity index (χ0v) is 10.5. The summed E-state index contributed by atoms with van der Waals surface area (Å²) in [5, 5.41) is 0. The second-order valence-electron chi connectivity index (χ2n) is 4.23. The molecule has 20 heavy (non-hydrogen) atoms. The minimum Gasteiger partial charge on any atom is -0.340 e. The summed E-state index contributed by atoms with van der Waals surface area (Å²) in [5.41, 5.74) is -0.387. The van der Waals surface area contributed by atoms with E-state index in [-0.39, 0.29) is 12.5 Å². The van der Waals surface area contributed by atoms with Gasteiger partial charge in [0.05, 0.1) is 0 Å². The molecule has 0 saturated carbocycles. The number of anilines is 1. The third-order valence-electron chi connectivity index (χ3n) is 2.58. The number of hydrogen-bond acceptors (Lipinski definition) is 3. The fourth-order valence-corrected chi connectivity index (χ4v) is 1.67. The van der Waals surface area contributed by atoms with E-state index in [4.69, 9.17) is 0 Å². The molecule has 0 bridgehead atoms. The molecule has 0 fully saturated rings. The van der Waals surface area contributed by atoms with Crippen LogP contribution in [0.4, 0.5) is 23.5 Å². The number of aromatic nitrogens is 2. The molecule has 0 N–H and O–H groups in total. The van der Waals surface area contributed by atoms with Crippen LogP contribution in [0.1, 0.15) is 11.3 Å². The molecular weight excluding hydrogens is 274 g/mol. The summed E-state index contributed by atoms with van der Waals surface area (Å²) in [6.07, 6.45) is -3.47. The normalized spacial score (nSPS) is 11.4. The molecule has 0 aliphatic carbocycles. The molecule has 1 heterocycles. The number of alkyl halides is 3. The van der Waals surface area contributed by atoms with Gasteiger partial charge in [-0.1, -0.05) is 12.1 Å². The monoisotopic (exact) mass is 285 g/mol. The molecule has 7 heteroatoms. The lowest BCUT2D eigenvalue weighted by molar-refractivity contribution is -0.141. The Labute approximate surface area is 112 Å². The Morgan fingerprint density at radius 3 is 2.60 bits per heavy atom. The highest BCUT2D eigenvalue weighted by Crippen LogP contribution is 2.28. The first kappa shape index (κ1) is 14.2. The van der Waals surface area contributed by atoms with Crippen molar-refractivity contribution in [2.45, 2.75) is 12.7 Å². The van der Waals surface area contributed by atoms with Crippen LogP contribution in [0.5, 0.6) is 0 Å². The number of rotatable bonds is 3. The fourth-order valence-electron chi connectivity index (χ4n) is 1.67. The molecule has 0 amide bonds. The smallest absolute Gasteiger partial charge is 0.340 e. The van der Waals surface area contributed by atoms with Crippen LogP contribution in [-0.2, 0) is 12.7 Å². The predicted octanol–water partition coefficient (Wildman–Crippen LogP) is 3.27. The SMILES string of the molecule is CN(Cc1cccc(F)c1)c1nccc(C(F)(F)F)n1.